The van der Waals surface area contributed by atoms with Crippen LogP contribution in [0.5, 0.6) is 5.75 Å². The topological polar surface area (TPSA) is 141 Å². The molecule has 1 aliphatic rings. The molecule has 0 saturated carbocycles. The summed E-state index contributed by atoms with van der Waals surface area (Å²) in [7, 11) is 0. The Bertz CT molecular complexity index is 1750. The molecule has 3 N–H and O–H groups in total. The fourth-order valence-corrected chi connectivity index (χ4v) is 5.83. The minimum Gasteiger partial charge on any atom is -0.494 e. The van der Waals surface area contributed by atoms with E-state index in [2.05, 4.69) is 36.8 Å². The first-order chi connectivity index (χ1) is 22.4. The van der Waals surface area contributed by atoms with Crippen molar-refractivity contribution in [3.63, 3.8) is 0 Å². The minimum absolute atomic E-state index is 0.0419. The van der Waals surface area contributed by atoms with E-state index >= 15 is 0 Å². The standard InChI is InChI=1S/C34H32BrClN6O4/c35-29-12-5-2-8-24(29)20-34(33(44)41-38-22-26-10-3-6-13-30(26)36)31(28-11-4-1-9-25(28)21-39-42-37)46-32(40-34)23-14-16-27(17-15-23)45-19-7-18-43/h1-6,8-17,31,38,43H,7,18-22H2,(H,41,44)/t31-,34-/m0/s1. The molecule has 0 saturated heterocycles. The molecule has 10 nitrogen and oxygen atoms in total. The van der Waals surface area contributed by atoms with E-state index in [0.29, 0.717) is 40.5 Å². The molecule has 0 spiro atoms. The van der Waals surface area contributed by atoms with Gasteiger partial charge in [0.1, 0.15) is 5.75 Å². The van der Waals surface area contributed by atoms with Crippen molar-refractivity contribution in [2.24, 2.45) is 10.1 Å². The lowest BCUT2D eigenvalue weighted by Gasteiger charge is -2.32. The van der Waals surface area contributed by atoms with Gasteiger partial charge in [-0.25, -0.2) is 10.4 Å². The number of aliphatic hydroxyl groups is 1. The smallest absolute Gasteiger partial charge is 0.266 e. The van der Waals surface area contributed by atoms with Gasteiger partial charge in [-0.05, 0) is 64.2 Å². The second-order valence-electron chi connectivity index (χ2n) is 10.5. The molecular weight excluding hydrogens is 672 g/mol. The Balaban J connectivity index is 1.58. The average molecular weight is 704 g/mol. The second-order valence-corrected chi connectivity index (χ2v) is 11.8. The van der Waals surface area contributed by atoms with E-state index in [9.17, 15) is 4.79 Å². The van der Waals surface area contributed by atoms with E-state index < -0.39 is 17.6 Å². The number of hydrogen-bond donors (Lipinski definition) is 3. The zero-order chi connectivity index (χ0) is 32.4. The van der Waals surface area contributed by atoms with Crippen LogP contribution in [0.3, 0.4) is 0 Å². The quantitative estimate of drug-likeness (QED) is 0.0427. The van der Waals surface area contributed by atoms with Crippen molar-refractivity contribution in [1.82, 2.24) is 10.9 Å². The van der Waals surface area contributed by atoms with Gasteiger partial charge in [-0.2, -0.15) is 0 Å². The molecule has 1 aliphatic heterocycles. The third kappa shape index (κ3) is 7.70. The number of carbonyl (C=O) groups excluding carboxylic acids is 1. The highest BCUT2D eigenvalue weighted by molar-refractivity contribution is 9.10. The van der Waals surface area contributed by atoms with Crippen LogP contribution in [0.4, 0.5) is 0 Å². The van der Waals surface area contributed by atoms with Crippen molar-refractivity contribution in [2.45, 2.75) is 37.6 Å². The van der Waals surface area contributed by atoms with Gasteiger partial charge in [-0.3, -0.25) is 10.2 Å². The number of carbonyl (C=O) groups is 1. The Morgan fingerprint density at radius 3 is 2.43 bits per heavy atom. The van der Waals surface area contributed by atoms with E-state index in [1.54, 1.807) is 18.2 Å². The summed E-state index contributed by atoms with van der Waals surface area (Å²) in [5, 5.41) is 13.5. The molecule has 0 aromatic heterocycles. The SMILES string of the molecule is [N-]=[N+]=NCc1ccccc1[C@@H]1OC(c2ccc(OCCCO)cc2)=N[C@]1(Cc1ccccc1Br)C(=O)NNCc1ccccc1Cl. The number of rotatable bonds is 14. The fraction of sp³-hybridized carbons (Fsp3) is 0.235. The van der Waals surface area contributed by atoms with Gasteiger partial charge >= 0.3 is 0 Å². The first kappa shape index (κ1) is 33.0. The molecule has 236 valence electrons. The van der Waals surface area contributed by atoms with Crippen LogP contribution in [0.2, 0.25) is 5.02 Å². The molecule has 5 rings (SSSR count). The Morgan fingerprint density at radius 1 is 1.02 bits per heavy atom. The fourth-order valence-electron chi connectivity index (χ4n) is 5.20. The predicted octanol–water partition coefficient (Wildman–Crippen LogP) is 6.99. The molecule has 0 bridgehead atoms. The van der Waals surface area contributed by atoms with Crippen molar-refractivity contribution in [3.8, 4) is 5.75 Å². The van der Waals surface area contributed by atoms with Gasteiger partial charge in [0.15, 0.2) is 11.6 Å². The molecule has 46 heavy (non-hydrogen) atoms. The van der Waals surface area contributed by atoms with Crippen LogP contribution in [0.15, 0.2) is 112 Å². The number of nitrogens with zero attached hydrogens (tertiary/aromatic N) is 4. The first-order valence-corrected chi connectivity index (χ1v) is 15.8. The van der Waals surface area contributed by atoms with E-state index in [-0.39, 0.29) is 32.0 Å². The van der Waals surface area contributed by atoms with Gasteiger partial charge in [0, 0.05) is 46.0 Å². The van der Waals surface area contributed by atoms with E-state index in [1.165, 1.54) is 0 Å². The van der Waals surface area contributed by atoms with Crippen molar-refractivity contribution >= 4 is 39.3 Å². The van der Waals surface area contributed by atoms with E-state index in [4.69, 9.17) is 36.7 Å². The summed E-state index contributed by atoms with van der Waals surface area (Å²) in [4.78, 5) is 22.5. The number of aliphatic imine (C=N–C) groups is 1. The van der Waals surface area contributed by atoms with Crippen molar-refractivity contribution < 1.29 is 19.4 Å². The Morgan fingerprint density at radius 2 is 1.72 bits per heavy atom. The summed E-state index contributed by atoms with van der Waals surface area (Å²) in [6, 6.07) is 29.7. The number of amides is 1. The Hall–Kier alpha value is -4.38. The van der Waals surface area contributed by atoms with E-state index in [0.717, 1.165) is 15.6 Å². The van der Waals surface area contributed by atoms with Crippen LogP contribution in [0, 0.1) is 0 Å². The highest BCUT2D eigenvalue weighted by Crippen LogP contribution is 2.44. The van der Waals surface area contributed by atoms with Crippen LogP contribution in [0.1, 0.15) is 40.3 Å². The van der Waals surface area contributed by atoms with Gasteiger partial charge in [0.05, 0.1) is 13.2 Å². The maximum atomic E-state index is 14.5. The highest BCUT2D eigenvalue weighted by Gasteiger charge is 2.54. The molecule has 4 aromatic carbocycles. The molecule has 1 heterocycles. The minimum atomic E-state index is -1.49. The summed E-state index contributed by atoms with van der Waals surface area (Å²) >= 11 is 10.0. The molecule has 1 amide bonds. The van der Waals surface area contributed by atoms with Crippen molar-refractivity contribution in [2.75, 3.05) is 13.2 Å². The molecule has 2 atom stereocenters. The number of aliphatic hydroxyl groups excluding tert-OH is 1. The number of benzene rings is 4. The molecular formula is C34H32BrClN6O4. The maximum absolute atomic E-state index is 14.5. The van der Waals surface area contributed by atoms with E-state index in [1.807, 2.05) is 78.9 Å². The van der Waals surface area contributed by atoms with Crippen molar-refractivity contribution in [3.05, 3.63) is 145 Å². The van der Waals surface area contributed by atoms with Gasteiger partial charge in [-0.1, -0.05) is 93.3 Å². The van der Waals surface area contributed by atoms with Gasteiger partial charge in [0.25, 0.3) is 5.91 Å². The lowest BCUT2D eigenvalue weighted by Crippen LogP contribution is -2.53. The molecule has 0 unspecified atom stereocenters. The van der Waals surface area contributed by atoms with Crippen molar-refractivity contribution in [1.29, 1.82) is 0 Å². The molecule has 0 aliphatic carbocycles. The summed E-state index contributed by atoms with van der Waals surface area (Å²) in [5.41, 5.74) is 17.2. The largest absolute Gasteiger partial charge is 0.494 e. The third-order valence-electron chi connectivity index (χ3n) is 7.53. The Labute approximate surface area is 280 Å². The lowest BCUT2D eigenvalue weighted by atomic mass is 9.80. The van der Waals surface area contributed by atoms with Crippen LogP contribution in [0.25, 0.3) is 10.4 Å². The van der Waals surface area contributed by atoms with Crippen LogP contribution in [-0.4, -0.2) is 35.7 Å². The molecule has 0 fully saturated rings. The first-order valence-electron chi connectivity index (χ1n) is 14.6. The molecule has 12 heteroatoms. The number of halogens is 2. The monoisotopic (exact) mass is 702 g/mol. The Kier molecular flexibility index (Phi) is 11.3. The molecule has 4 aromatic rings. The number of azide groups is 1. The number of nitrogens with one attached hydrogen (secondary N) is 2. The zero-order valence-corrected chi connectivity index (χ0v) is 27.1. The number of hydrogen-bond acceptors (Lipinski definition) is 7. The summed E-state index contributed by atoms with van der Waals surface area (Å²) < 4.78 is 13.2. The average Bonchev–Trinajstić information content (AvgIpc) is 3.46. The zero-order valence-electron chi connectivity index (χ0n) is 24.8. The van der Waals surface area contributed by atoms with Gasteiger partial charge in [-0.15, -0.1) is 0 Å². The maximum Gasteiger partial charge on any atom is 0.266 e. The summed E-state index contributed by atoms with van der Waals surface area (Å²) in [5.74, 6) is 0.490. The summed E-state index contributed by atoms with van der Waals surface area (Å²) in [6.07, 6.45) is -0.186. The van der Waals surface area contributed by atoms with Gasteiger partial charge in [0.2, 0.25) is 5.90 Å². The lowest BCUT2D eigenvalue weighted by molar-refractivity contribution is -0.130. The third-order valence-corrected chi connectivity index (χ3v) is 8.67. The second kappa shape index (κ2) is 15.8. The van der Waals surface area contributed by atoms with Crippen LogP contribution >= 0.6 is 27.5 Å². The highest BCUT2D eigenvalue weighted by atomic mass is 79.9. The number of hydrazine groups is 1. The van der Waals surface area contributed by atoms with Crippen LogP contribution < -0.4 is 15.6 Å². The van der Waals surface area contributed by atoms with Crippen LogP contribution in [-0.2, 0) is 29.0 Å². The predicted molar refractivity (Wildman–Crippen MR) is 180 cm³/mol. The normalized spacial score (nSPS) is 17.0. The number of ether oxygens (including phenoxy) is 2. The van der Waals surface area contributed by atoms with Gasteiger partial charge < -0.3 is 14.6 Å². The summed E-state index contributed by atoms with van der Waals surface area (Å²) in [6.45, 7) is 0.775. The molecule has 0 radical (unpaired) electrons.